The van der Waals surface area contributed by atoms with Gasteiger partial charge in [0.1, 0.15) is 11.4 Å². The fourth-order valence-electron chi connectivity index (χ4n) is 4.69. The van der Waals surface area contributed by atoms with Crippen LogP contribution in [0, 0.1) is 25.7 Å². The number of primary amides is 1. The van der Waals surface area contributed by atoms with Gasteiger partial charge in [-0.25, -0.2) is 14.5 Å². The van der Waals surface area contributed by atoms with Crippen LogP contribution in [-0.2, 0) is 13.5 Å². The Labute approximate surface area is 241 Å². The Balaban J connectivity index is 0.000000226. The molecular formula is C31H29N9O2. The summed E-state index contributed by atoms with van der Waals surface area (Å²) in [6, 6.07) is 16.9. The van der Waals surface area contributed by atoms with Gasteiger partial charge in [0.05, 0.1) is 33.5 Å². The number of fused-ring (bicyclic) bond motifs is 2. The average Bonchev–Trinajstić information content (AvgIpc) is 3.45. The second-order valence-electron chi connectivity index (χ2n) is 9.49. The fraction of sp³-hybridized carbons (Fsp3) is 0.161. The van der Waals surface area contributed by atoms with Gasteiger partial charge < -0.3 is 11.5 Å². The maximum absolute atomic E-state index is 13.5. The number of amides is 1. The van der Waals surface area contributed by atoms with E-state index in [9.17, 15) is 9.59 Å². The first-order valence-corrected chi connectivity index (χ1v) is 13.2. The number of carbonyl (C=O) groups excluding carboxylic acids is 1. The Morgan fingerprint density at radius 2 is 1.76 bits per heavy atom. The molecule has 42 heavy (non-hydrogen) atoms. The minimum atomic E-state index is -0.619. The summed E-state index contributed by atoms with van der Waals surface area (Å²) in [5, 5.41) is 8.82. The van der Waals surface area contributed by atoms with Crippen molar-refractivity contribution in [3.05, 3.63) is 111 Å². The molecule has 0 saturated heterocycles. The van der Waals surface area contributed by atoms with E-state index in [2.05, 4.69) is 27.0 Å². The molecule has 210 valence electrons. The molecule has 1 amide bonds. The van der Waals surface area contributed by atoms with Crippen molar-refractivity contribution in [1.82, 2.24) is 33.9 Å². The van der Waals surface area contributed by atoms with Crippen molar-refractivity contribution in [2.24, 2.45) is 12.8 Å². The lowest BCUT2D eigenvalue weighted by Crippen LogP contribution is -2.24. The Hall–Kier alpha value is -5.76. The van der Waals surface area contributed by atoms with E-state index in [0.717, 1.165) is 28.5 Å². The second-order valence-corrected chi connectivity index (χ2v) is 9.49. The number of hydrogen-bond acceptors (Lipinski definition) is 7. The molecule has 6 aromatic rings. The summed E-state index contributed by atoms with van der Waals surface area (Å²) >= 11 is 0. The SMILES string of the molecule is CCc1nc2cccc(C#Cc3c(C)nn(C)c3C)c2c(=O)n1-c1ccccc1.NC(=O)c1c(N)nn2cccnc12. The summed E-state index contributed by atoms with van der Waals surface area (Å²) in [5.74, 6) is 6.63. The third kappa shape index (κ3) is 5.09. The van der Waals surface area contributed by atoms with Crippen LogP contribution in [0.5, 0.6) is 0 Å². The standard InChI is InChI=1S/C24H22N4O.C7H7N5O/c1-5-22-25-21-13-9-10-18(14-15-20-16(2)26-27(4)17(20)3)23(21)24(29)28(22)19-11-7-6-8-12-19;8-5-4(6(9)13)7-10-2-1-3-12(7)11-5/h6-13H,5H2,1-4H3;1-3H,(H2,8,11)(H2,9,13). The van der Waals surface area contributed by atoms with Crippen LogP contribution in [-0.4, -0.2) is 39.8 Å². The molecule has 0 bridgehead atoms. The zero-order valence-corrected chi connectivity index (χ0v) is 23.7. The van der Waals surface area contributed by atoms with Gasteiger partial charge in [0, 0.05) is 31.4 Å². The topological polar surface area (TPSA) is 152 Å². The number of benzene rings is 2. The minimum absolute atomic E-state index is 0.0948. The van der Waals surface area contributed by atoms with Crippen LogP contribution in [0.4, 0.5) is 5.82 Å². The molecule has 0 saturated carbocycles. The Morgan fingerprint density at radius 3 is 2.43 bits per heavy atom. The normalized spacial score (nSPS) is 10.7. The monoisotopic (exact) mass is 559 g/mol. The highest BCUT2D eigenvalue weighted by Gasteiger charge is 2.16. The summed E-state index contributed by atoms with van der Waals surface area (Å²) in [4.78, 5) is 33.2. The van der Waals surface area contributed by atoms with Crippen molar-refractivity contribution in [2.45, 2.75) is 27.2 Å². The maximum atomic E-state index is 13.5. The van der Waals surface area contributed by atoms with E-state index < -0.39 is 5.91 Å². The molecule has 0 aliphatic rings. The molecule has 6 rings (SSSR count). The number of rotatable bonds is 3. The third-order valence-corrected chi connectivity index (χ3v) is 6.80. The summed E-state index contributed by atoms with van der Waals surface area (Å²) in [7, 11) is 1.90. The number of hydrogen-bond donors (Lipinski definition) is 2. The van der Waals surface area contributed by atoms with E-state index in [1.165, 1.54) is 4.52 Å². The van der Waals surface area contributed by atoms with Gasteiger partial charge in [-0.2, -0.15) is 5.10 Å². The fourth-order valence-corrected chi connectivity index (χ4v) is 4.69. The van der Waals surface area contributed by atoms with Crippen molar-refractivity contribution in [1.29, 1.82) is 0 Å². The number of aryl methyl sites for hydroxylation is 3. The first-order valence-electron chi connectivity index (χ1n) is 13.2. The molecule has 4 aromatic heterocycles. The molecule has 0 spiro atoms. The lowest BCUT2D eigenvalue weighted by molar-refractivity contribution is 0.100. The molecule has 4 N–H and O–H groups in total. The van der Waals surface area contributed by atoms with Crippen LogP contribution in [0.25, 0.3) is 22.2 Å². The number of nitrogens with two attached hydrogens (primary N) is 2. The van der Waals surface area contributed by atoms with E-state index in [-0.39, 0.29) is 16.9 Å². The number of nitrogen functional groups attached to an aromatic ring is 1. The van der Waals surface area contributed by atoms with Crippen LogP contribution in [0.2, 0.25) is 0 Å². The van der Waals surface area contributed by atoms with Crippen molar-refractivity contribution < 1.29 is 4.79 Å². The highest BCUT2D eigenvalue weighted by atomic mass is 16.1. The van der Waals surface area contributed by atoms with Gasteiger partial charge in [-0.15, -0.1) is 5.10 Å². The van der Waals surface area contributed by atoms with Crippen molar-refractivity contribution >= 4 is 28.3 Å². The molecule has 0 aliphatic heterocycles. The van der Waals surface area contributed by atoms with Gasteiger partial charge in [0.25, 0.3) is 11.5 Å². The predicted octanol–water partition coefficient (Wildman–Crippen LogP) is 3.11. The van der Waals surface area contributed by atoms with Crippen molar-refractivity contribution in [3.8, 4) is 17.5 Å². The maximum Gasteiger partial charge on any atom is 0.267 e. The molecule has 0 aliphatic carbocycles. The third-order valence-electron chi connectivity index (χ3n) is 6.80. The highest BCUT2D eigenvalue weighted by molar-refractivity contribution is 6.03. The van der Waals surface area contributed by atoms with E-state index in [4.69, 9.17) is 16.5 Å². The largest absolute Gasteiger partial charge is 0.381 e. The Morgan fingerprint density at radius 1 is 1.00 bits per heavy atom. The minimum Gasteiger partial charge on any atom is -0.381 e. The molecule has 0 unspecified atom stereocenters. The van der Waals surface area contributed by atoms with Gasteiger partial charge in [0.15, 0.2) is 11.5 Å². The van der Waals surface area contributed by atoms with Crippen LogP contribution in [0.15, 0.2) is 71.8 Å². The number of anilines is 1. The van der Waals surface area contributed by atoms with Crippen LogP contribution in [0.1, 0.15) is 45.6 Å². The van der Waals surface area contributed by atoms with E-state index in [0.29, 0.717) is 28.5 Å². The van der Waals surface area contributed by atoms with Crippen LogP contribution >= 0.6 is 0 Å². The number of nitrogens with zero attached hydrogens (tertiary/aromatic N) is 7. The predicted molar refractivity (Wildman–Crippen MR) is 161 cm³/mol. The van der Waals surface area contributed by atoms with Crippen LogP contribution < -0.4 is 17.0 Å². The molecule has 0 radical (unpaired) electrons. The highest BCUT2D eigenvalue weighted by Crippen LogP contribution is 2.18. The quantitative estimate of drug-likeness (QED) is 0.316. The Kier molecular flexibility index (Phi) is 7.53. The van der Waals surface area contributed by atoms with E-state index in [1.54, 1.807) is 23.0 Å². The summed E-state index contributed by atoms with van der Waals surface area (Å²) in [6.07, 6.45) is 3.85. The first kappa shape index (κ1) is 27.8. The average molecular weight is 560 g/mol. The van der Waals surface area contributed by atoms with Gasteiger partial charge in [0.2, 0.25) is 0 Å². The van der Waals surface area contributed by atoms with Crippen molar-refractivity contribution in [3.63, 3.8) is 0 Å². The molecule has 11 nitrogen and oxygen atoms in total. The summed E-state index contributed by atoms with van der Waals surface area (Å²) in [5.41, 5.74) is 16.0. The summed E-state index contributed by atoms with van der Waals surface area (Å²) < 4.78 is 4.92. The van der Waals surface area contributed by atoms with E-state index >= 15 is 0 Å². The van der Waals surface area contributed by atoms with Crippen molar-refractivity contribution in [2.75, 3.05) is 5.73 Å². The second kappa shape index (κ2) is 11.4. The number of para-hydroxylation sites is 1. The van der Waals surface area contributed by atoms with Crippen LogP contribution in [0.3, 0.4) is 0 Å². The van der Waals surface area contributed by atoms with Gasteiger partial charge >= 0.3 is 0 Å². The molecular weight excluding hydrogens is 530 g/mol. The number of carbonyl (C=O) groups is 1. The molecule has 4 heterocycles. The molecule has 2 aromatic carbocycles. The van der Waals surface area contributed by atoms with Gasteiger partial charge in [-0.1, -0.05) is 43.0 Å². The van der Waals surface area contributed by atoms with Gasteiger partial charge in [-0.3, -0.25) is 18.8 Å². The van der Waals surface area contributed by atoms with Gasteiger partial charge in [-0.05, 0) is 44.2 Å². The lowest BCUT2D eigenvalue weighted by atomic mass is 10.1. The molecule has 11 heteroatoms. The molecule has 0 atom stereocenters. The zero-order chi connectivity index (χ0) is 30.0. The molecule has 0 fully saturated rings. The first-order chi connectivity index (χ1) is 20.2. The van der Waals surface area contributed by atoms with E-state index in [1.807, 2.05) is 81.0 Å². The lowest BCUT2D eigenvalue weighted by Gasteiger charge is -2.13. The number of aromatic nitrogens is 7. The Bertz CT molecular complexity index is 2080. The smallest absolute Gasteiger partial charge is 0.267 e. The summed E-state index contributed by atoms with van der Waals surface area (Å²) in [6.45, 7) is 5.94. The zero-order valence-electron chi connectivity index (χ0n) is 23.7.